The van der Waals surface area contributed by atoms with Crippen molar-refractivity contribution in [2.45, 2.75) is 20.3 Å². The summed E-state index contributed by atoms with van der Waals surface area (Å²) in [5.41, 5.74) is 6.42. The Morgan fingerprint density at radius 1 is 1.25 bits per heavy atom. The minimum absolute atomic E-state index is 0.0289. The van der Waals surface area contributed by atoms with Gasteiger partial charge in [0.1, 0.15) is 0 Å². The van der Waals surface area contributed by atoms with Crippen LogP contribution < -0.4 is 20.5 Å². The molecular formula is C15H24N2O3. The van der Waals surface area contributed by atoms with Gasteiger partial charge in [0.25, 0.3) is 0 Å². The quantitative estimate of drug-likeness (QED) is 0.790. The van der Waals surface area contributed by atoms with E-state index < -0.39 is 0 Å². The zero-order chi connectivity index (χ0) is 15.2. The van der Waals surface area contributed by atoms with E-state index in [1.807, 2.05) is 26.0 Å². The predicted octanol–water partition coefficient (Wildman–Crippen LogP) is 1.35. The lowest BCUT2D eigenvalue weighted by atomic mass is 9.94. The van der Waals surface area contributed by atoms with E-state index in [2.05, 4.69) is 5.32 Å². The van der Waals surface area contributed by atoms with E-state index in [0.717, 1.165) is 5.56 Å². The first-order valence-corrected chi connectivity index (χ1v) is 6.59. The van der Waals surface area contributed by atoms with E-state index in [0.29, 0.717) is 31.0 Å². The van der Waals surface area contributed by atoms with Gasteiger partial charge in [0.05, 0.1) is 20.6 Å². The molecule has 1 amide bonds. The summed E-state index contributed by atoms with van der Waals surface area (Å²) in [5.74, 6) is 1.25. The number of amides is 1. The van der Waals surface area contributed by atoms with Gasteiger partial charge in [-0.1, -0.05) is 19.9 Å². The maximum atomic E-state index is 11.9. The van der Waals surface area contributed by atoms with Gasteiger partial charge in [-0.05, 0) is 29.7 Å². The van der Waals surface area contributed by atoms with Gasteiger partial charge in [0.2, 0.25) is 5.91 Å². The molecule has 0 bridgehead atoms. The predicted molar refractivity (Wildman–Crippen MR) is 79.1 cm³/mol. The van der Waals surface area contributed by atoms with Crippen LogP contribution in [0.5, 0.6) is 11.5 Å². The van der Waals surface area contributed by atoms with Gasteiger partial charge in [-0.2, -0.15) is 0 Å². The van der Waals surface area contributed by atoms with Gasteiger partial charge in [-0.3, -0.25) is 4.79 Å². The molecule has 0 saturated heterocycles. The summed E-state index contributed by atoms with van der Waals surface area (Å²) < 4.78 is 10.4. The van der Waals surface area contributed by atoms with Gasteiger partial charge in [0.15, 0.2) is 11.5 Å². The molecule has 1 aromatic carbocycles. The third kappa shape index (κ3) is 4.74. The van der Waals surface area contributed by atoms with Crippen LogP contribution in [-0.4, -0.2) is 33.2 Å². The lowest BCUT2D eigenvalue weighted by Crippen LogP contribution is -2.39. The number of hydrogen-bond acceptors (Lipinski definition) is 4. The number of nitrogens with one attached hydrogen (secondary N) is 1. The van der Waals surface area contributed by atoms with Crippen LogP contribution in [0.2, 0.25) is 0 Å². The molecule has 0 saturated carbocycles. The van der Waals surface area contributed by atoms with Gasteiger partial charge in [-0.15, -0.1) is 0 Å². The van der Waals surface area contributed by atoms with E-state index in [-0.39, 0.29) is 11.3 Å². The molecule has 0 aliphatic heterocycles. The molecule has 0 aliphatic carbocycles. The average molecular weight is 280 g/mol. The molecule has 0 fully saturated rings. The molecule has 0 atom stereocenters. The van der Waals surface area contributed by atoms with Crippen molar-refractivity contribution >= 4 is 5.91 Å². The fraction of sp³-hybridized carbons (Fsp3) is 0.533. The molecule has 1 aromatic rings. The topological polar surface area (TPSA) is 73.6 Å². The Kier molecular flexibility index (Phi) is 5.82. The van der Waals surface area contributed by atoms with Crippen molar-refractivity contribution in [3.8, 4) is 11.5 Å². The highest BCUT2D eigenvalue weighted by molar-refractivity contribution is 5.78. The number of methoxy groups -OCH3 is 2. The molecule has 5 nitrogen and oxygen atoms in total. The number of benzene rings is 1. The monoisotopic (exact) mass is 280 g/mol. The molecule has 0 spiro atoms. The number of carbonyl (C=O) groups is 1. The summed E-state index contributed by atoms with van der Waals surface area (Å²) in [6.07, 6.45) is 0.307. The van der Waals surface area contributed by atoms with Crippen LogP contribution in [0.4, 0.5) is 0 Å². The van der Waals surface area contributed by atoms with Gasteiger partial charge < -0.3 is 20.5 Å². The Labute approximate surface area is 120 Å². The fourth-order valence-corrected chi connectivity index (χ4v) is 1.65. The largest absolute Gasteiger partial charge is 0.493 e. The lowest BCUT2D eigenvalue weighted by molar-refractivity contribution is -0.120. The van der Waals surface area contributed by atoms with Crippen molar-refractivity contribution in [1.82, 2.24) is 5.32 Å². The van der Waals surface area contributed by atoms with Crippen LogP contribution in [0.25, 0.3) is 0 Å². The van der Waals surface area contributed by atoms with Crippen LogP contribution in [0.15, 0.2) is 18.2 Å². The number of carbonyl (C=O) groups excluding carboxylic acids is 1. The smallest absolute Gasteiger partial charge is 0.224 e. The van der Waals surface area contributed by atoms with Crippen molar-refractivity contribution in [1.29, 1.82) is 0 Å². The van der Waals surface area contributed by atoms with Gasteiger partial charge in [-0.25, -0.2) is 0 Å². The van der Waals surface area contributed by atoms with Gasteiger partial charge >= 0.3 is 0 Å². The standard InChI is InChI=1S/C15H24N2O3/c1-15(2,9-16)10-17-14(18)8-11-5-6-12(19-3)13(7-11)20-4/h5-7H,8-10,16H2,1-4H3,(H,17,18). The molecule has 1 rings (SSSR count). The second-order valence-electron chi connectivity index (χ2n) is 5.51. The molecule has 0 radical (unpaired) electrons. The Bertz CT molecular complexity index is 458. The first-order valence-electron chi connectivity index (χ1n) is 6.59. The fourth-order valence-electron chi connectivity index (χ4n) is 1.65. The second-order valence-corrected chi connectivity index (χ2v) is 5.51. The Morgan fingerprint density at radius 2 is 1.90 bits per heavy atom. The minimum Gasteiger partial charge on any atom is -0.493 e. The first-order chi connectivity index (χ1) is 9.41. The van der Waals surface area contributed by atoms with Crippen molar-refractivity contribution in [2.24, 2.45) is 11.1 Å². The van der Waals surface area contributed by atoms with E-state index in [1.165, 1.54) is 0 Å². The summed E-state index contributed by atoms with van der Waals surface area (Å²) in [5, 5.41) is 2.90. The zero-order valence-electron chi connectivity index (χ0n) is 12.7. The molecule has 5 heteroatoms. The van der Waals surface area contributed by atoms with Crippen LogP contribution in [0.1, 0.15) is 19.4 Å². The number of rotatable bonds is 7. The van der Waals surface area contributed by atoms with Crippen LogP contribution in [0.3, 0.4) is 0 Å². The average Bonchev–Trinajstić information content (AvgIpc) is 2.45. The first kappa shape index (κ1) is 16.3. The molecule has 112 valence electrons. The summed E-state index contributed by atoms with van der Waals surface area (Å²) in [7, 11) is 3.16. The van der Waals surface area contributed by atoms with Crippen molar-refractivity contribution < 1.29 is 14.3 Å². The normalized spacial score (nSPS) is 11.1. The van der Waals surface area contributed by atoms with Gasteiger partial charge in [0, 0.05) is 6.54 Å². The molecule has 3 N–H and O–H groups in total. The number of hydrogen-bond donors (Lipinski definition) is 2. The molecule has 0 unspecified atom stereocenters. The summed E-state index contributed by atoms with van der Waals surface area (Å²) >= 11 is 0. The SMILES string of the molecule is COc1ccc(CC(=O)NCC(C)(C)CN)cc1OC. The van der Waals surface area contributed by atoms with Crippen LogP contribution in [0, 0.1) is 5.41 Å². The van der Waals surface area contributed by atoms with Crippen molar-refractivity contribution in [3.05, 3.63) is 23.8 Å². The Morgan fingerprint density at radius 3 is 2.45 bits per heavy atom. The molecular weight excluding hydrogens is 256 g/mol. The molecule has 0 aromatic heterocycles. The second kappa shape index (κ2) is 7.14. The van der Waals surface area contributed by atoms with E-state index in [9.17, 15) is 4.79 Å². The maximum absolute atomic E-state index is 11.9. The van der Waals surface area contributed by atoms with E-state index in [4.69, 9.17) is 15.2 Å². The zero-order valence-corrected chi connectivity index (χ0v) is 12.7. The Hall–Kier alpha value is -1.75. The van der Waals surface area contributed by atoms with E-state index >= 15 is 0 Å². The number of nitrogens with two attached hydrogens (primary N) is 1. The van der Waals surface area contributed by atoms with E-state index in [1.54, 1.807) is 20.3 Å². The molecule has 0 heterocycles. The van der Waals surface area contributed by atoms with Crippen molar-refractivity contribution in [3.63, 3.8) is 0 Å². The van der Waals surface area contributed by atoms with Crippen LogP contribution >= 0.6 is 0 Å². The highest BCUT2D eigenvalue weighted by Crippen LogP contribution is 2.27. The lowest BCUT2D eigenvalue weighted by Gasteiger charge is -2.22. The highest BCUT2D eigenvalue weighted by atomic mass is 16.5. The summed E-state index contributed by atoms with van der Waals surface area (Å²) in [6.45, 7) is 5.13. The highest BCUT2D eigenvalue weighted by Gasteiger charge is 2.16. The molecule has 20 heavy (non-hydrogen) atoms. The third-order valence-corrected chi connectivity index (χ3v) is 3.13. The summed E-state index contributed by atoms with van der Waals surface area (Å²) in [4.78, 5) is 11.9. The maximum Gasteiger partial charge on any atom is 0.224 e. The molecule has 0 aliphatic rings. The third-order valence-electron chi connectivity index (χ3n) is 3.13. The number of ether oxygens (including phenoxy) is 2. The van der Waals surface area contributed by atoms with Crippen LogP contribution in [-0.2, 0) is 11.2 Å². The Balaban J connectivity index is 2.62. The summed E-state index contributed by atoms with van der Waals surface area (Å²) in [6, 6.07) is 5.47. The van der Waals surface area contributed by atoms with Crippen molar-refractivity contribution in [2.75, 3.05) is 27.3 Å². The minimum atomic E-state index is -0.0900.